The van der Waals surface area contributed by atoms with Gasteiger partial charge in [0.15, 0.2) is 0 Å². The molecule has 2 aliphatic heterocycles. The Morgan fingerprint density at radius 3 is 2.79 bits per heavy atom. The number of fused-ring (bicyclic) bond motifs is 3. The molecule has 7 rings (SSSR count). The van der Waals surface area contributed by atoms with E-state index in [-0.39, 0.29) is 11.0 Å². The molecule has 0 amide bonds. The summed E-state index contributed by atoms with van der Waals surface area (Å²) in [6.45, 7) is 9.87. The third kappa shape index (κ3) is 3.07. The van der Waals surface area contributed by atoms with E-state index in [1.54, 1.807) is 5.57 Å². The van der Waals surface area contributed by atoms with E-state index < -0.39 is 0 Å². The molecule has 6 aliphatic rings. The number of likely N-dealkylation sites (tertiary alicyclic amines) is 1. The number of nitrogens with zero attached hydrogens (tertiary/aromatic N) is 1. The molecule has 2 saturated heterocycles. The molecule has 4 heteroatoms. The molecule has 4 aliphatic carbocycles. The van der Waals surface area contributed by atoms with E-state index >= 15 is 0 Å². The average molecular weight is 466 g/mol. The van der Waals surface area contributed by atoms with Crippen molar-refractivity contribution in [2.75, 3.05) is 26.2 Å². The second kappa shape index (κ2) is 7.95. The number of hydrogen-bond donors (Lipinski definition) is 0. The van der Waals surface area contributed by atoms with Gasteiger partial charge in [-0.1, -0.05) is 25.5 Å². The highest BCUT2D eigenvalue weighted by molar-refractivity contribution is 5.37. The summed E-state index contributed by atoms with van der Waals surface area (Å²) < 4.78 is 18.6. The summed E-state index contributed by atoms with van der Waals surface area (Å²) in [7, 11) is 0. The molecule has 1 spiro atoms. The molecule has 0 bridgehead atoms. The molecule has 186 valence electrons. The minimum atomic E-state index is 0.120. The van der Waals surface area contributed by atoms with Gasteiger partial charge in [0, 0.05) is 18.6 Å². The van der Waals surface area contributed by atoms with Crippen molar-refractivity contribution in [3.05, 3.63) is 35.8 Å². The van der Waals surface area contributed by atoms with E-state index in [9.17, 15) is 0 Å². The van der Waals surface area contributed by atoms with Crippen LogP contribution in [-0.4, -0.2) is 49.0 Å². The molecule has 8 atom stereocenters. The molecule has 3 heterocycles. The molecular weight excluding hydrogens is 422 g/mol. The van der Waals surface area contributed by atoms with Crippen molar-refractivity contribution >= 4 is 0 Å². The summed E-state index contributed by atoms with van der Waals surface area (Å²) in [6.07, 6.45) is 20.0. The first-order chi connectivity index (χ1) is 16.5. The summed E-state index contributed by atoms with van der Waals surface area (Å²) in [5, 5.41) is 0. The second-order valence-electron chi connectivity index (χ2n) is 12.9. The maximum Gasteiger partial charge on any atom is 0.104 e. The zero-order valence-corrected chi connectivity index (χ0v) is 21.3. The maximum atomic E-state index is 6.72. The largest absolute Gasteiger partial charge is 0.472 e. The Kier molecular flexibility index (Phi) is 5.17. The van der Waals surface area contributed by atoms with E-state index in [0.29, 0.717) is 29.5 Å². The van der Waals surface area contributed by atoms with Crippen LogP contribution in [0, 0.1) is 22.7 Å². The monoisotopic (exact) mass is 465 g/mol. The number of furan rings is 1. The smallest absolute Gasteiger partial charge is 0.104 e. The van der Waals surface area contributed by atoms with E-state index in [0.717, 1.165) is 12.5 Å². The fourth-order valence-electron chi connectivity index (χ4n) is 9.77. The summed E-state index contributed by atoms with van der Waals surface area (Å²) in [6, 6.07) is 2.20. The SMILES string of the molecule is C[C@]12CCC(OCCCN3CCCC3)C=C1CC[C@@H]1[C@H]2CC[C@]2(C)C(c3ccoc3)CC3O[C@]312. The van der Waals surface area contributed by atoms with Gasteiger partial charge in [-0.05, 0) is 112 Å². The topological polar surface area (TPSA) is 38.1 Å². The Labute approximate surface area is 205 Å². The van der Waals surface area contributed by atoms with Crippen LogP contribution in [0.15, 0.2) is 34.7 Å². The third-order valence-corrected chi connectivity index (χ3v) is 11.6. The third-order valence-electron chi connectivity index (χ3n) is 11.6. The summed E-state index contributed by atoms with van der Waals surface area (Å²) in [5.74, 6) is 2.08. The van der Waals surface area contributed by atoms with E-state index in [1.165, 1.54) is 89.4 Å². The first kappa shape index (κ1) is 22.1. The van der Waals surface area contributed by atoms with Crippen molar-refractivity contribution in [1.82, 2.24) is 4.90 Å². The Morgan fingerprint density at radius 1 is 1.09 bits per heavy atom. The van der Waals surface area contributed by atoms with Crippen LogP contribution in [0.5, 0.6) is 0 Å². The predicted octanol–water partition coefficient (Wildman–Crippen LogP) is 6.33. The van der Waals surface area contributed by atoms with Crippen molar-refractivity contribution < 1.29 is 13.9 Å². The first-order valence-electron chi connectivity index (χ1n) is 14.3. The lowest BCUT2D eigenvalue weighted by atomic mass is 9.46. The highest BCUT2D eigenvalue weighted by Crippen LogP contribution is 2.77. The molecule has 5 fully saturated rings. The molecule has 0 radical (unpaired) electrons. The van der Waals surface area contributed by atoms with Gasteiger partial charge < -0.3 is 18.8 Å². The van der Waals surface area contributed by atoms with E-state index in [1.807, 2.05) is 12.5 Å². The fourth-order valence-corrected chi connectivity index (χ4v) is 9.77. The lowest BCUT2D eigenvalue weighted by Crippen LogP contribution is -2.56. The maximum absolute atomic E-state index is 6.72. The van der Waals surface area contributed by atoms with Crippen LogP contribution in [-0.2, 0) is 9.47 Å². The lowest BCUT2D eigenvalue weighted by Gasteiger charge is -2.58. The van der Waals surface area contributed by atoms with Crippen LogP contribution >= 0.6 is 0 Å². The van der Waals surface area contributed by atoms with Gasteiger partial charge in [-0.3, -0.25) is 0 Å². The van der Waals surface area contributed by atoms with Gasteiger partial charge in [0.2, 0.25) is 0 Å². The average Bonchev–Trinajstić information content (AvgIpc) is 3.26. The summed E-state index contributed by atoms with van der Waals surface area (Å²) in [4.78, 5) is 2.60. The Morgan fingerprint density at radius 2 is 1.97 bits per heavy atom. The quantitative estimate of drug-likeness (QED) is 0.280. The van der Waals surface area contributed by atoms with Crippen molar-refractivity contribution in [1.29, 1.82) is 0 Å². The second-order valence-corrected chi connectivity index (χ2v) is 12.9. The highest BCUT2D eigenvalue weighted by atomic mass is 16.6. The molecule has 34 heavy (non-hydrogen) atoms. The van der Waals surface area contributed by atoms with Gasteiger partial charge in [-0.2, -0.15) is 0 Å². The number of rotatable bonds is 6. The lowest BCUT2D eigenvalue weighted by molar-refractivity contribution is -0.0837. The van der Waals surface area contributed by atoms with Crippen LogP contribution in [0.4, 0.5) is 0 Å². The van der Waals surface area contributed by atoms with E-state index in [4.69, 9.17) is 13.9 Å². The van der Waals surface area contributed by atoms with Crippen LogP contribution in [0.3, 0.4) is 0 Å². The zero-order chi connectivity index (χ0) is 23.0. The van der Waals surface area contributed by atoms with E-state index in [2.05, 4.69) is 30.9 Å². The molecule has 3 saturated carbocycles. The Balaban J connectivity index is 1.05. The number of hydrogen-bond acceptors (Lipinski definition) is 4. The molecular formula is C30H43NO3. The van der Waals surface area contributed by atoms with Gasteiger partial charge in [0.1, 0.15) is 5.60 Å². The number of epoxide rings is 1. The van der Waals surface area contributed by atoms with Crippen molar-refractivity contribution in [2.45, 2.75) is 102 Å². The minimum absolute atomic E-state index is 0.120. The van der Waals surface area contributed by atoms with Crippen molar-refractivity contribution in [3.8, 4) is 0 Å². The van der Waals surface area contributed by atoms with Gasteiger partial charge in [0.25, 0.3) is 0 Å². The van der Waals surface area contributed by atoms with Crippen molar-refractivity contribution in [3.63, 3.8) is 0 Å². The van der Waals surface area contributed by atoms with Crippen LogP contribution in [0.25, 0.3) is 0 Å². The van der Waals surface area contributed by atoms with Gasteiger partial charge in [0.05, 0.1) is 24.7 Å². The Bertz CT molecular complexity index is 935. The van der Waals surface area contributed by atoms with Gasteiger partial charge in [-0.25, -0.2) is 0 Å². The van der Waals surface area contributed by atoms with Crippen LogP contribution < -0.4 is 0 Å². The molecule has 1 aromatic rings. The Hall–Kier alpha value is -1.10. The molecule has 1 aromatic heterocycles. The highest BCUT2D eigenvalue weighted by Gasteiger charge is 2.80. The first-order valence-corrected chi connectivity index (χ1v) is 14.3. The molecule has 4 nitrogen and oxygen atoms in total. The summed E-state index contributed by atoms with van der Waals surface area (Å²) in [5.41, 5.74) is 3.84. The van der Waals surface area contributed by atoms with Gasteiger partial charge in [-0.15, -0.1) is 0 Å². The fraction of sp³-hybridized carbons (Fsp3) is 0.800. The minimum Gasteiger partial charge on any atom is -0.472 e. The van der Waals surface area contributed by atoms with Crippen LogP contribution in [0.1, 0.15) is 89.5 Å². The number of ether oxygens (including phenoxy) is 2. The standard InChI is InChI=1S/C30H43NO3/c1-28-11-8-23(33-16-5-15-31-13-3-4-14-31)18-22(28)6-7-25-24(28)9-12-29(2)26(21-10-17-32-20-21)19-27-30(25,29)34-27/h10,17-18,20,23-27H,3-9,11-16,19H2,1-2H3/t23?,24-,25-,26?,27?,28+,29-,30+/m1/s1. The van der Waals surface area contributed by atoms with Crippen molar-refractivity contribution in [2.24, 2.45) is 22.7 Å². The molecule has 3 unspecified atom stereocenters. The summed E-state index contributed by atoms with van der Waals surface area (Å²) >= 11 is 0. The molecule has 0 aromatic carbocycles. The van der Waals surface area contributed by atoms with Crippen LogP contribution in [0.2, 0.25) is 0 Å². The number of allylic oxidation sites excluding steroid dienone is 1. The predicted molar refractivity (Wildman–Crippen MR) is 133 cm³/mol. The normalized spacial score (nSPS) is 47.5. The molecule has 0 N–H and O–H groups in total. The van der Waals surface area contributed by atoms with Gasteiger partial charge >= 0.3 is 0 Å². The zero-order valence-electron chi connectivity index (χ0n) is 21.3.